The number of hydrogen-bond acceptors (Lipinski definition) is 4. The Morgan fingerprint density at radius 3 is 2.71 bits per heavy atom. The van der Waals surface area contributed by atoms with E-state index < -0.39 is 0 Å². The molecule has 1 aromatic rings. The average Bonchev–Trinajstić information content (AvgIpc) is 2.53. The summed E-state index contributed by atoms with van der Waals surface area (Å²) >= 11 is 5.56. The summed E-state index contributed by atoms with van der Waals surface area (Å²) in [6.07, 6.45) is 1.60. The van der Waals surface area contributed by atoms with E-state index in [1.807, 2.05) is 0 Å². The summed E-state index contributed by atoms with van der Waals surface area (Å²) in [5, 5.41) is 10.9. The topological polar surface area (TPSA) is 51.0 Å². The van der Waals surface area contributed by atoms with E-state index in [1.54, 1.807) is 0 Å². The van der Waals surface area contributed by atoms with E-state index in [2.05, 4.69) is 36.3 Å². The molecule has 0 aliphatic heterocycles. The number of nitrogens with zero attached hydrogens (tertiary/aromatic N) is 2. The van der Waals surface area contributed by atoms with Gasteiger partial charge in [0.1, 0.15) is 0 Å². The molecule has 0 amide bonds. The first-order valence-electron chi connectivity index (χ1n) is 4.74. The molecule has 0 spiro atoms. The molecule has 1 rings (SSSR count). The summed E-state index contributed by atoms with van der Waals surface area (Å²) in [6.45, 7) is 6.26. The van der Waals surface area contributed by atoms with Crippen molar-refractivity contribution in [1.29, 1.82) is 0 Å². The van der Waals surface area contributed by atoms with Crippen LogP contribution in [-0.2, 0) is 6.42 Å². The van der Waals surface area contributed by atoms with Crippen molar-refractivity contribution in [2.24, 2.45) is 0 Å². The predicted octanol–water partition coefficient (Wildman–Crippen LogP) is 2.45. The lowest BCUT2D eigenvalue weighted by Crippen LogP contribution is -2.29. The molecule has 14 heavy (non-hydrogen) atoms. The largest absolute Gasteiger partial charge is 0.408 e. The standard InChI is InChI=1S/C9H16ClN3O/c1-4-9(2,3)11-8-13-12-7(14-8)5-6-10/h4-6H2,1-3H3,(H,11,13). The fourth-order valence-electron chi connectivity index (χ4n) is 0.864. The molecule has 0 saturated heterocycles. The van der Waals surface area contributed by atoms with Gasteiger partial charge in [0, 0.05) is 17.8 Å². The maximum Gasteiger partial charge on any atom is 0.315 e. The van der Waals surface area contributed by atoms with E-state index in [0.29, 0.717) is 24.2 Å². The van der Waals surface area contributed by atoms with Crippen molar-refractivity contribution in [3.63, 3.8) is 0 Å². The molecular formula is C9H16ClN3O. The lowest BCUT2D eigenvalue weighted by molar-refractivity contribution is 0.473. The molecule has 0 fully saturated rings. The summed E-state index contributed by atoms with van der Waals surface area (Å²) in [7, 11) is 0. The van der Waals surface area contributed by atoms with Crippen molar-refractivity contribution in [2.75, 3.05) is 11.2 Å². The summed E-state index contributed by atoms with van der Waals surface area (Å²) in [5.74, 6) is 1.08. The molecule has 1 N–H and O–H groups in total. The molecule has 0 aliphatic rings. The zero-order valence-electron chi connectivity index (χ0n) is 8.80. The van der Waals surface area contributed by atoms with Crippen molar-refractivity contribution in [3.05, 3.63) is 5.89 Å². The number of aryl methyl sites for hydroxylation is 1. The van der Waals surface area contributed by atoms with Crippen LogP contribution in [0.4, 0.5) is 6.01 Å². The summed E-state index contributed by atoms with van der Waals surface area (Å²) < 4.78 is 5.34. The van der Waals surface area contributed by atoms with Gasteiger partial charge in [0.25, 0.3) is 0 Å². The van der Waals surface area contributed by atoms with Gasteiger partial charge in [-0.3, -0.25) is 0 Å². The Morgan fingerprint density at radius 1 is 1.43 bits per heavy atom. The van der Waals surface area contributed by atoms with Gasteiger partial charge >= 0.3 is 6.01 Å². The molecule has 0 atom stereocenters. The van der Waals surface area contributed by atoms with Crippen LogP contribution in [0.25, 0.3) is 0 Å². The maximum absolute atomic E-state index is 5.56. The minimum absolute atomic E-state index is 0.0230. The maximum atomic E-state index is 5.56. The Morgan fingerprint density at radius 2 is 2.14 bits per heavy atom. The van der Waals surface area contributed by atoms with Crippen LogP contribution in [0.3, 0.4) is 0 Å². The second kappa shape index (κ2) is 4.64. The number of nitrogens with one attached hydrogen (secondary N) is 1. The first-order chi connectivity index (χ1) is 6.57. The van der Waals surface area contributed by atoms with E-state index in [4.69, 9.17) is 16.0 Å². The Balaban J connectivity index is 2.59. The van der Waals surface area contributed by atoms with Gasteiger partial charge < -0.3 is 9.73 Å². The third-order valence-corrected chi connectivity index (χ3v) is 2.29. The summed E-state index contributed by atoms with van der Waals surface area (Å²) in [5.41, 5.74) is -0.0230. The van der Waals surface area contributed by atoms with Crippen LogP contribution < -0.4 is 5.32 Å². The number of hydrogen-bond donors (Lipinski definition) is 1. The van der Waals surface area contributed by atoms with Gasteiger partial charge in [-0.2, -0.15) is 0 Å². The Labute approximate surface area is 89.0 Å². The van der Waals surface area contributed by atoms with E-state index in [9.17, 15) is 0 Å². The molecule has 80 valence electrons. The SMILES string of the molecule is CCC(C)(C)Nc1nnc(CCCl)o1. The third-order valence-electron chi connectivity index (χ3n) is 2.10. The van der Waals surface area contributed by atoms with Crippen molar-refractivity contribution in [2.45, 2.75) is 39.2 Å². The molecule has 1 aromatic heterocycles. The molecule has 0 radical (unpaired) electrons. The average molecular weight is 218 g/mol. The first kappa shape index (κ1) is 11.3. The predicted molar refractivity (Wildman–Crippen MR) is 56.7 cm³/mol. The monoisotopic (exact) mass is 217 g/mol. The Bertz CT molecular complexity index is 285. The van der Waals surface area contributed by atoms with Crippen molar-refractivity contribution in [3.8, 4) is 0 Å². The lowest BCUT2D eigenvalue weighted by atomic mass is 10.0. The lowest BCUT2D eigenvalue weighted by Gasteiger charge is -2.22. The van der Waals surface area contributed by atoms with Crippen LogP contribution in [0.15, 0.2) is 4.42 Å². The first-order valence-corrected chi connectivity index (χ1v) is 5.27. The van der Waals surface area contributed by atoms with Gasteiger partial charge in [-0.15, -0.1) is 16.7 Å². The van der Waals surface area contributed by atoms with Crippen molar-refractivity contribution >= 4 is 17.6 Å². The molecule has 0 aliphatic carbocycles. The fraction of sp³-hybridized carbons (Fsp3) is 0.778. The Kier molecular flexibility index (Phi) is 3.75. The molecule has 0 saturated carbocycles. The summed E-state index contributed by atoms with van der Waals surface area (Å²) in [4.78, 5) is 0. The molecule has 1 heterocycles. The number of rotatable bonds is 5. The Hall–Kier alpha value is -0.770. The highest BCUT2D eigenvalue weighted by atomic mass is 35.5. The molecule has 0 aromatic carbocycles. The highest BCUT2D eigenvalue weighted by molar-refractivity contribution is 6.17. The van der Waals surface area contributed by atoms with E-state index in [0.717, 1.165) is 6.42 Å². The van der Waals surface area contributed by atoms with Gasteiger partial charge in [0.2, 0.25) is 5.89 Å². The normalized spacial score (nSPS) is 11.7. The molecule has 0 bridgehead atoms. The number of alkyl halides is 1. The quantitative estimate of drug-likeness (QED) is 0.770. The molecule has 0 unspecified atom stereocenters. The van der Waals surface area contributed by atoms with Crippen molar-refractivity contribution in [1.82, 2.24) is 10.2 Å². The number of halogens is 1. The molecular weight excluding hydrogens is 202 g/mol. The number of aromatic nitrogens is 2. The van der Waals surface area contributed by atoms with Gasteiger partial charge in [0.05, 0.1) is 0 Å². The van der Waals surface area contributed by atoms with Crippen LogP contribution in [0, 0.1) is 0 Å². The second-order valence-corrected chi connectivity index (χ2v) is 4.18. The van der Waals surface area contributed by atoms with Crippen LogP contribution in [0.1, 0.15) is 33.1 Å². The minimum Gasteiger partial charge on any atom is -0.408 e. The van der Waals surface area contributed by atoms with Crippen LogP contribution >= 0.6 is 11.6 Å². The molecule has 4 nitrogen and oxygen atoms in total. The smallest absolute Gasteiger partial charge is 0.315 e. The second-order valence-electron chi connectivity index (χ2n) is 3.80. The van der Waals surface area contributed by atoms with E-state index in [-0.39, 0.29) is 5.54 Å². The van der Waals surface area contributed by atoms with E-state index in [1.165, 1.54) is 0 Å². The highest BCUT2D eigenvalue weighted by Crippen LogP contribution is 2.16. The zero-order chi connectivity index (χ0) is 10.6. The fourth-order valence-corrected chi connectivity index (χ4v) is 1.03. The van der Waals surface area contributed by atoms with Gasteiger partial charge in [-0.25, -0.2) is 0 Å². The molecule has 5 heteroatoms. The zero-order valence-corrected chi connectivity index (χ0v) is 9.56. The third kappa shape index (κ3) is 3.18. The number of anilines is 1. The van der Waals surface area contributed by atoms with Gasteiger partial charge in [-0.05, 0) is 20.3 Å². The van der Waals surface area contributed by atoms with Crippen LogP contribution in [0.2, 0.25) is 0 Å². The highest BCUT2D eigenvalue weighted by Gasteiger charge is 2.17. The van der Waals surface area contributed by atoms with Crippen molar-refractivity contribution < 1.29 is 4.42 Å². The van der Waals surface area contributed by atoms with Crippen LogP contribution in [-0.4, -0.2) is 21.6 Å². The van der Waals surface area contributed by atoms with E-state index >= 15 is 0 Å². The minimum atomic E-state index is -0.0230. The summed E-state index contributed by atoms with van der Waals surface area (Å²) in [6, 6.07) is 0.469. The van der Waals surface area contributed by atoms with Crippen LogP contribution in [0.5, 0.6) is 0 Å². The van der Waals surface area contributed by atoms with Gasteiger partial charge in [0.15, 0.2) is 0 Å². The van der Waals surface area contributed by atoms with Gasteiger partial charge in [-0.1, -0.05) is 12.0 Å².